The molecule has 0 aromatic carbocycles. The highest BCUT2D eigenvalue weighted by Gasteiger charge is 2.50. The summed E-state index contributed by atoms with van der Waals surface area (Å²) in [5.41, 5.74) is 0. The Morgan fingerprint density at radius 1 is 0.810 bits per heavy atom. The smallest absolute Gasteiger partial charge is 0.303 e. The van der Waals surface area contributed by atoms with E-state index in [2.05, 4.69) is 5.32 Å². The van der Waals surface area contributed by atoms with Crippen LogP contribution in [0, 0.1) is 0 Å². The molecule has 0 radical (unpaired) electrons. The Balaban J connectivity index is 2.99. The molecule has 118 valence electrons. The number of hydrogen-bond donors (Lipinski definition) is 1. The number of carbonyl (C=O) groups is 4. The first kappa shape index (κ1) is 16.9. The third kappa shape index (κ3) is 5.05. The van der Waals surface area contributed by atoms with Gasteiger partial charge in [-0.3, -0.25) is 19.2 Å². The quantitative estimate of drug-likeness (QED) is 0.560. The zero-order valence-electron chi connectivity index (χ0n) is 12.4. The maximum atomic E-state index is 11.2. The summed E-state index contributed by atoms with van der Waals surface area (Å²) < 4.78 is 15.3. The minimum Gasteiger partial charge on any atom is -0.458 e. The minimum absolute atomic E-state index is 0.190. The van der Waals surface area contributed by atoms with Crippen molar-refractivity contribution in [1.82, 2.24) is 5.32 Å². The molecule has 0 saturated heterocycles. The molecule has 1 amide bonds. The highest BCUT2D eigenvalue weighted by Crippen LogP contribution is 2.29. The van der Waals surface area contributed by atoms with Crippen LogP contribution in [0.1, 0.15) is 34.1 Å². The summed E-state index contributed by atoms with van der Waals surface area (Å²) >= 11 is 0. The minimum atomic E-state index is -0.952. The lowest BCUT2D eigenvalue weighted by Gasteiger charge is -2.25. The van der Waals surface area contributed by atoms with E-state index in [0.29, 0.717) is 0 Å². The maximum Gasteiger partial charge on any atom is 0.303 e. The van der Waals surface area contributed by atoms with Crippen LogP contribution in [0.15, 0.2) is 0 Å². The fraction of sp³-hybridized carbons (Fsp3) is 0.692. The molecule has 0 unspecified atom stereocenters. The molecule has 1 rings (SSSR count). The number of esters is 3. The fourth-order valence-electron chi connectivity index (χ4n) is 2.36. The van der Waals surface area contributed by atoms with Crippen LogP contribution in [0.25, 0.3) is 0 Å². The lowest BCUT2D eigenvalue weighted by molar-refractivity contribution is -0.175. The molecular weight excluding hydrogens is 282 g/mol. The lowest BCUT2D eigenvalue weighted by atomic mass is 10.2. The SMILES string of the molecule is CC(=O)N[C@@H]1C[C@@H](OC(C)=O)[C@@H](OC(C)=O)[C@@H]1OC(C)=O. The molecule has 4 atom stereocenters. The second kappa shape index (κ2) is 7.05. The third-order valence-corrected chi connectivity index (χ3v) is 2.88. The van der Waals surface area contributed by atoms with Gasteiger partial charge in [-0.05, 0) is 0 Å². The normalized spacial score (nSPS) is 27.6. The zero-order chi connectivity index (χ0) is 16.2. The molecule has 1 aliphatic rings. The fourth-order valence-corrected chi connectivity index (χ4v) is 2.36. The van der Waals surface area contributed by atoms with Gasteiger partial charge < -0.3 is 19.5 Å². The second-order valence-electron chi connectivity index (χ2n) is 4.84. The van der Waals surface area contributed by atoms with Crippen LogP contribution in [-0.4, -0.2) is 48.2 Å². The molecule has 8 heteroatoms. The summed E-state index contributed by atoms with van der Waals surface area (Å²) in [5.74, 6) is -2.07. The average molecular weight is 301 g/mol. The summed E-state index contributed by atoms with van der Waals surface area (Å²) in [5, 5.41) is 2.60. The van der Waals surface area contributed by atoms with Crippen molar-refractivity contribution in [1.29, 1.82) is 0 Å². The van der Waals surface area contributed by atoms with Crippen molar-refractivity contribution in [2.45, 2.75) is 58.5 Å². The van der Waals surface area contributed by atoms with Gasteiger partial charge in [-0.25, -0.2) is 0 Å². The van der Waals surface area contributed by atoms with Crippen LogP contribution in [0.2, 0.25) is 0 Å². The predicted molar refractivity (Wildman–Crippen MR) is 68.9 cm³/mol. The van der Waals surface area contributed by atoms with Gasteiger partial charge in [-0.15, -0.1) is 0 Å². The van der Waals surface area contributed by atoms with Gasteiger partial charge >= 0.3 is 17.9 Å². The van der Waals surface area contributed by atoms with Crippen molar-refractivity contribution in [2.24, 2.45) is 0 Å². The van der Waals surface area contributed by atoms with Gasteiger partial charge in [0.25, 0.3) is 0 Å². The van der Waals surface area contributed by atoms with Gasteiger partial charge in [0.15, 0.2) is 12.2 Å². The lowest BCUT2D eigenvalue weighted by Crippen LogP contribution is -2.46. The Labute approximate surface area is 122 Å². The standard InChI is InChI=1S/C13H19NO7/c1-6(15)14-10-5-11(19-7(2)16)13(21-9(4)18)12(10)20-8(3)17/h10-13H,5H2,1-4H3,(H,14,15)/t10-,11-,12-,13-/m1/s1. The Hall–Kier alpha value is -2.12. The molecule has 1 saturated carbocycles. The number of nitrogens with one attached hydrogen (secondary N) is 1. The first-order chi connectivity index (χ1) is 9.70. The van der Waals surface area contributed by atoms with Crippen molar-refractivity contribution < 1.29 is 33.4 Å². The average Bonchev–Trinajstić information content (AvgIpc) is 2.55. The first-order valence-electron chi connectivity index (χ1n) is 6.49. The molecular formula is C13H19NO7. The van der Waals surface area contributed by atoms with Crippen molar-refractivity contribution >= 4 is 23.8 Å². The molecule has 0 spiro atoms. The van der Waals surface area contributed by atoms with Gasteiger partial charge in [0.2, 0.25) is 5.91 Å². The maximum absolute atomic E-state index is 11.2. The van der Waals surface area contributed by atoms with Gasteiger partial charge in [0.1, 0.15) is 6.10 Å². The highest BCUT2D eigenvalue weighted by molar-refractivity contribution is 5.74. The van der Waals surface area contributed by atoms with Crippen LogP contribution < -0.4 is 5.32 Å². The third-order valence-electron chi connectivity index (χ3n) is 2.88. The molecule has 0 bridgehead atoms. The van der Waals surface area contributed by atoms with Crippen molar-refractivity contribution in [3.8, 4) is 0 Å². The molecule has 0 aromatic rings. The Morgan fingerprint density at radius 3 is 1.71 bits per heavy atom. The van der Waals surface area contributed by atoms with E-state index in [1.165, 1.54) is 27.7 Å². The molecule has 8 nitrogen and oxygen atoms in total. The van der Waals surface area contributed by atoms with E-state index in [9.17, 15) is 19.2 Å². The monoisotopic (exact) mass is 301 g/mol. The number of amides is 1. The summed E-state index contributed by atoms with van der Waals surface area (Å²) in [6.07, 6.45) is -2.45. The van der Waals surface area contributed by atoms with E-state index in [0.717, 1.165) is 0 Å². The van der Waals surface area contributed by atoms with E-state index in [4.69, 9.17) is 14.2 Å². The molecule has 0 aliphatic heterocycles. The molecule has 1 fully saturated rings. The summed E-state index contributed by atoms with van der Waals surface area (Å²) in [7, 11) is 0. The Morgan fingerprint density at radius 2 is 1.29 bits per heavy atom. The topological polar surface area (TPSA) is 108 Å². The molecule has 0 heterocycles. The molecule has 1 N–H and O–H groups in total. The van der Waals surface area contributed by atoms with Gasteiger partial charge in [-0.2, -0.15) is 0 Å². The molecule has 1 aliphatic carbocycles. The first-order valence-corrected chi connectivity index (χ1v) is 6.49. The van der Waals surface area contributed by atoms with Crippen molar-refractivity contribution in [2.75, 3.05) is 0 Å². The van der Waals surface area contributed by atoms with E-state index >= 15 is 0 Å². The van der Waals surface area contributed by atoms with E-state index < -0.39 is 42.3 Å². The van der Waals surface area contributed by atoms with Crippen LogP contribution >= 0.6 is 0 Å². The summed E-state index contributed by atoms with van der Waals surface area (Å²) in [4.78, 5) is 44.8. The zero-order valence-corrected chi connectivity index (χ0v) is 12.4. The van der Waals surface area contributed by atoms with E-state index in [1.54, 1.807) is 0 Å². The van der Waals surface area contributed by atoms with Gasteiger partial charge in [0, 0.05) is 34.1 Å². The van der Waals surface area contributed by atoms with Crippen LogP contribution in [-0.2, 0) is 33.4 Å². The largest absolute Gasteiger partial charge is 0.458 e. The number of hydrogen-bond acceptors (Lipinski definition) is 7. The summed E-state index contributed by atoms with van der Waals surface area (Å²) in [6.45, 7) is 4.93. The Bertz CT molecular complexity index is 408. The van der Waals surface area contributed by atoms with Gasteiger partial charge in [-0.1, -0.05) is 0 Å². The number of carbonyl (C=O) groups excluding carboxylic acids is 4. The van der Waals surface area contributed by atoms with Crippen LogP contribution in [0.4, 0.5) is 0 Å². The highest BCUT2D eigenvalue weighted by atomic mass is 16.6. The van der Waals surface area contributed by atoms with Gasteiger partial charge in [0.05, 0.1) is 6.04 Å². The van der Waals surface area contributed by atoms with Crippen molar-refractivity contribution in [3.63, 3.8) is 0 Å². The summed E-state index contributed by atoms with van der Waals surface area (Å²) in [6, 6.07) is -0.597. The van der Waals surface area contributed by atoms with Crippen LogP contribution in [0.5, 0.6) is 0 Å². The van der Waals surface area contributed by atoms with Crippen LogP contribution in [0.3, 0.4) is 0 Å². The Kier molecular flexibility index (Phi) is 5.69. The van der Waals surface area contributed by atoms with E-state index in [-0.39, 0.29) is 12.3 Å². The molecule has 21 heavy (non-hydrogen) atoms. The predicted octanol–water partition coefficient (Wildman–Crippen LogP) is -0.310. The number of rotatable bonds is 4. The number of ether oxygens (including phenoxy) is 3. The van der Waals surface area contributed by atoms with E-state index in [1.807, 2.05) is 0 Å². The second-order valence-corrected chi connectivity index (χ2v) is 4.84. The van der Waals surface area contributed by atoms with Crippen molar-refractivity contribution in [3.05, 3.63) is 0 Å². The molecule has 0 aromatic heterocycles.